The summed E-state index contributed by atoms with van der Waals surface area (Å²) in [7, 11) is 1.62. The molecule has 0 aliphatic carbocycles. The van der Waals surface area contributed by atoms with E-state index >= 15 is 0 Å². The quantitative estimate of drug-likeness (QED) is 0.493. The summed E-state index contributed by atoms with van der Waals surface area (Å²) in [6.45, 7) is 0.0700. The van der Waals surface area contributed by atoms with Crippen molar-refractivity contribution < 1.29 is 14.3 Å². The van der Waals surface area contributed by atoms with Gasteiger partial charge in [-0.25, -0.2) is 10.1 Å². The smallest absolute Gasteiger partial charge is 0.312 e. The molecule has 29 heavy (non-hydrogen) atoms. The van der Waals surface area contributed by atoms with Crippen LogP contribution < -0.4 is 10.3 Å². The molecule has 0 saturated heterocycles. The third kappa shape index (κ3) is 4.17. The van der Waals surface area contributed by atoms with Crippen LogP contribution in [0.2, 0.25) is 0 Å². The number of benzene rings is 2. The first-order valence-corrected chi connectivity index (χ1v) is 9.73. The van der Waals surface area contributed by atoms with E-state index in [1.54, 1.807) is 31.4 Å². The van der Waals surface area contributed by atoms with E-state index in [0.29, 0.717) is 22.2 Å². The Kier molecular flexibility index (Phi) is 5.35. The first-order chi connectivity index (χ1) is 14.1. The molecule has 0 atom stereocenters. The first-order valence-electron chi connectivity index (χ1n) is 8.85. The number of fused-ring (bicyclic) bond motifs is 1. The molecule has 0 bridgehead atoms. The highest BCUT2D eigenvalue weighted by atomic mass is 32.1. The maximum absolute atomic E-state index is 12.3. The van der Waals surface area contributed by atoms with Crippen molar-refractivity contribution in [3.05, 3.63) is 75.7 Å². The number of hydrogen-bond donors (Lipinski definition) is 1. The predicted molar refractivity (Wildman–Crippen MR) is 110 cm³/mol. The van der Waals surface area contributed by atoms with Crippen molar-refractivity contribution in [3.63, 3.8) is 0 Å². The fourth-order valence-electron chi connectivity index (χ4n) is 2.91. The second-order valence-corrected chi connectivity index (χ2v) is 7.12. The van der Waals surface area contributed by atoms with Crippen molar-refractivity contribution in [1.82, 2.24) is 15.2 Å². The highest BCUT2D eigenvalue weighted by Gasteiger charge is 2.13. The van der Waals surface area contributed by atoms with Gasteiger partial charge in [-0.2, -0.15) is 5.10 Å². The molecule has 0 saturated carbocycles. The summed E-state index contributed by atoms with van der Waals surface area (Å²) in [5.74, 6) is 0.317. The van der Waals surface area contributed by atoms with Crippen LogP contribution in [0.1, 0.15) is 11.4 Å². The molecule has 0 aliphatic rings. The molecular formula is C21H17N3O4S. The molecule has 4 aromatic rings. The monoisotopic (exact) mass is 407 g/mol. The lowest BCUT2D eigenvalue weighted by atomic mass is 10.1. The lowest BCUT2D eigenvalue weighted by Crippen LogP contribution is -2.15. The van der Waals surface area contributed by atoms with Crippen LogP contribution in [0.15, 0.2) is 58.7 Å². The molecule has 0 fully saturated rings. The molecule has 4 rings (SSSR count). The Morgan fingerprint density at radius 3 is 2.79 bits per heavy atom. The Morgan fingerprint density at radius 1 is 1.14 bits per heavy atom. The molecule has 2 aromatic carbocycles. The zero-order valence-electron chi connectivity index (χ0n) is 15.5. The molecule has 146 valence electrons. The van der Waals surface area contributed by atoms with Crippen LogP contribution in [0.4, 0.5) is 0 Å². The molecule has 0 spiro atoms. The average molecular weight is 407 g/mol. The van der Waals surface area contributed by atoms with Crippen LogP contribution in [0.3, 0.4) is 0 Å². The van der Waals surface area contributed by atoms with Gasteiger partial charge in [0.05, 0.1) is 30.3 Å². The van der Waals surface area contributed by atoms with E-state index in [1.165, 1.54) is 11.3 Å². The van der Waals surface area contributed by atoms with Gasteiger partial charge in [0, 0.05) is 16.3 Å². The largest absolute Gasteiger partial charge is 0.497 e. The number of nitrogens with zero attached hydrogens (tertiary/aromatic N) is 2. The molecule has 2 heterocycles. The average Bonchev–Trinajstić information content (AvgIpc) is 3.24. The van der Waals surface area contributed by atoms with Gasteiger partial charge in [-0.3, -0.25) is 9.59 Å². The molecule has 1 N–H and O–H groups in total. The topological polar surface area (TPSA) is 94.2 Å². The van der Waals surface area contributed by atoms with Crippen molar-refractivity contribution in [2.24, 2.45) is 0 Å². The number of aromatic nitrogens is 3. The van der Waals surface area contributed by atoms with Crippen molar-refractivity contribution in [3.8, 4) is 16.3 Å². The Morgan fingerprint density at radius 2 is 1.97 bits per heavy atom. The number of carbonyl (C=O) groups is 1. The Balaban J connectivity index is 1.43. The van der Waals surface area contributed by atoms with Gasteiger partial charge in [0.1, 0.15) is 17.4 Å². The lowest BCUT2D eigenvalue weighted by Gasteiger charge is -2.05. The number of aromatic amines is 1. The number of nitrogens with one attached hydrogen (secondary N) is 1. The van der Waals surface area contributed by atoms with Crippen LogP contribution in [0.25, 0.3) is 21.3 Å². The van der Waals surface area contributed by atoms with Crippen molar-refractivity contribution in [1.29, 1.82) is 0 Å². The predicted octanol–water partition coefficient (Wildman–Crippen LogP) is 3.34. The Hall–Kier alpha value is -3.52. The second kappa shape index (κ2) is 8.24. The summed E-state index contributed by atoms with van der Waals surface area (Å²) < 4.78 is 10.6. The minimum atomic E-state index is -0.439. The maximum Gasteiger partial charge on any atom is 0.312 e. The van der Waals surface area contributed by atoms with Gasteiger partial charge in [-0.1, -0.05) is 30.3 Å². The molecule has 0 amide bonds. The van der Waals surface area contributed by atoms with E-state index in [9.17, 15) is 9.59 Å². The minimum Gasteiger partial charge on any atom is -0.497 e. The van der Waals surface area contributed by atoms with Crippen LogP contribution in [0, 0.1) is 0 Å². The molecular weight excluding hydrogens is 390 g/mol. The SMILES string of the molecule is COc1cccc(-c2nc(COC(=O)Cc3n[nH]c(=O)c4ccccc34)cs2)c1. The van der Waals surface area contributed by atoms with E-state index in [-0.39, 0.29) is 18.6 Å². The highest BCUT2D eigenvalue weighted by molar-refractivity contribution is 7.13. The number of thiazole rings is 1. The van der Waals surface area contributed by atoms with Crippen LogP contribution in [0.5, 0.6) is 5.75 Å². The van der Waals surface area contributed by atoms with Gasteiger partial charge < -0.3 is 9.47 Å². The van der Waals surface area contributed by atoms with Gasteiger partial charge in [0.25, 0.3) is 5.56 Å². The molecule has 0 radical (unpaired) electrons. The molecule has 7 nitrogen and oxygen atoms in total. The third-order valence-corrected chi connectivity index (χ3v) is 5.28. The van der Waals surface area contributed by atoms with Gasteiger partial charge in [-0.15, -0.1) is 11.3 Å². The van der Waals surface area contributed by atoms with Crippen LogP contribution >= 0.6 is 11.3 Å². The zero-order chi connectivity index (χ0) is 20.2. The summed E-state index contributed by atoms with van der Waals surface area (Å²) in [4.78, 5) is 28.6. The number of carbonyl (C=O) groups excluding carboxylic acids is 1. The number of ether oxygens (including phenoxy) is 2. The number of H-pyrrole nitrogens is 1. The number of esters is 1. The summed E-state index contributed by atoms with van der Waals surface area (Å²) in [6, 6.07) is 14.6. The Labute approximate surface area is 170 Å². The second-order valence-electron chi connectivity index (χ2n) is 6.26. The standard InChI is InChI=1S/C21H17N3O4S/c1-27-15-6-4-5-13(9-15)21-22-14(12-29-21)11-28-19(25)10-18-16-7-2-3-8-17(16)20(26)24-23-18/h2-9,12H,10-11H2,1H3,(H,24,26). The molecule has 0 unspecified atom stereocenters. The fraction of sp³-hybridized carbons (Fsp3) is 0.143. The maximum atomic E-state index is 12.3. The minimum absolute atomic E-state index is 0.0375. The molecule has 0 aliphatic heterocycles. The highest BCUT2D eigenvalue weighted by Crippen LogP contribution is 2.27. The summed E-state index contributed by atoms with van der Waals surface area (Å²) >= 11 is 1.47. The normalized spacial score (nSPS) is 10.8. The Bertz CT molecular complexity index is 1230. The number of methoxy groups -OCH3 is 1. The zero-order valence-corrected chi connectivity index (χ0v) is 16.4. The van der Waals surface area contributed by atoms with E-state index in [4.69, 9.17) is 9.47 Å². The molecule has 8 heteroatoms. The van der Waals surface area contributed by atoms with Crippen LogP contribution in [-0.2, 0) is 22.6 Å². The van der Waals surface area contributed by atoms with E-state index in [2.05, 4.69) is 15.2 Å². The van der Waals surface area contributed by atoms with E-state index < -0.39 is 5.97 Å². The van der Waals surface area contributed by atoms with Gasteiger partial charge in [0.15, 0.2) is 0 Å². The van der Waals surface area contributed by atoms with Gasteiger partial charge >= 0.3 is 5.97 Å². The van der Waals surface area contributed by atoms with Crippen molar-refractivity contribution >= 4 is 28.1 Å². The lowest BCUT2D eigenvalue weighted by molar-refractivity contribution is -0.144. The van der Waals surface area contributed by atoms with E-state index in [0.717, 1.165) is 16.3 Å². The van der Waals surface area contributed by atoms with E-state index in [1.807, 2.05) is 29.6 Å². The summed E-state index contributed by atoms with van der Waals surface area (Å²) in [5.41, 5.74) is 1.79. The summed E-state index contributed by atoms with van der Waals surface area (Å²) in [6.07, 6.45) is -0.0375. The number of hydrogen-bond acceptors (Lipinski definition) is 7. The van der Waals surface area contributed by atoms with Gasteiger partial charge in [0.2, 0.25) is 0 Å². The number of rotatable bonds is 6. The summed E-state index contributed by atoms with van der Waals surface area (Å²) in [5, 5.41) is 10.2. The van der Waals surface area contributed by atoms with Crippen LogP contribution in [-0.4, -0.2) is 28.3 Å². The fourth-order valence-corrected chi connectivity index (χ4v) is 3.71. The molecule has 2 aromatic heterocycles. The third-order valence-electron chi connectivity index (χ3n) is 4.34. The van der Waals surface area contributed by atoms with Crippen molar-refractivity contribution in [2.45, 2.75) is 13.0 Å². The van der Waals surface area contributed by atoms with Gasteiger partial charge in [-0.05, 0) is 18.2 Å². The first kappa shape index (κ1) is 18.8. The van der Waals surface area contributed by atoms with Crippen molar-refractivity contribution in [2.75, 3.05) is 7.11 Å².